The number of carbonyl (C=O) groups excluding carboxylic acids is 1. The fraction of sp³-hybridized carbons (Fsp3) is 0.667. The van der Waals surface area contributed by atoms with Crippen LogP contribution >= 0.6 is 0 Å². The largest absolute Gasteiger partial charge is 0.383 e. The topological polar surface area (TPSA) is 79.8 Å². The highest BCUT2D eigenvalue weighted by Gasteiger charge is 2.23. The number of hydrogen-bond acceptors (Lipinski definition) is 6. The number of morpholine rings is 1. The van der Waals surface area contributed by atoms with Crippen molar-refractivity contribution >= 4 is 12.0 Å². The number of urea groups is 1. The van der Waals surface area contributed by atoms with Crippen molar-refractivity contribution in [3.05, 3.63) is 17.5 Å². The van der Waals surface area contributed by atoms with Crippen molar-refractivity contribution in [2.24, 2.45) is 0 Å². The van der Waals surface area contributed by atoms with Crippen molar-refractivity contribution < 1.29 is 14.3 Å². The minimum atomic E-state index is -0.0702. The van der Waals surface area contributed by atoms with Crippen LogP contribution in [0, 0.1) is 0 Å². The van der Waals surface area contributed by atoms with Crippen LogP contribution in [0.15, 0.2) is 6.20 Å². The lowest BCUT2D eigenvalue weighted by atomic mass is 10.1. The first-order chi connectivity index (χ1) is 11.3. The molecule has 0 aliphatic carbocycles. The Morgan fingerprint density at radius 3 is 3.00 bits per heavy atom. The van der Waals surface area contributed by atoms with Crippen molar-refractivity contribution in [2.75, 3.05) is 58.0 Å². The fourth-order valence-corrected chi connectivity index (χ4v) is 2.75. The number of aromatic nitrogens is 2. The van der Waals surface area contributed by atoms with E-state index in [1.54, 1.807) is 12.0 Å². The van der Waals surface area contributed by atoms with Crippen LogP contribution in [0.5, 0.6) is 0 Å². The van der Waals surface area contributed by atoms with Gasteiger partial charge in [0, 0.05) is 39.5 Å². The van der Waals surface area contributed by atoms with E-state index in [9.17, 15) is 4.79 Å². The molecule has 23 heavy (non-hydrogen) atoms. The van der Waals surface area contributed by atoms with Gasteiger partial charge in [0.15, 0.2) is 0 Å². The van der Waals surface area contributed by atoms with E-state index in [1.807, 2.05) is 6.20 Å². The molecule has 1 aromatic heterocycles. The van der Waals surface area contributed by atoms with Gasteiger partial charge in [0.1, 0.15) is 0 Å². The molecule has 3 rings (SSSR count). The maximum absolute atomic E-state index is 12.2. The van der Waals surface area contributed by atoms with E-state index < -0.39 is 0 Å². The Morgan fingerprint density at radius 1 is 1.39 bits per heavy atom. The molecule has 0 radical (unpaired) electrons. The van der Waals surface area contributed by atoms with Crippen molar-refractivity contribution in [3.63, 3.8) is 0 Å². The van der Waals surface area contributed by atoms with Gasteiger partial charge in [-0.05, 0) is 12.0 Å². The second-order valence-corrected chi connectivity index (χ2v) is 5.64. The van der Waals surface area contributed by atoms with Crippen molar-refractivity contribution in [1.29, 1.82) is 0 Å². The van der Waals surface area contributed by atoms with Crippen LogP contribution in [0.2, 0.25) is 0 Å². The highest BCUT2D eigenvalue weighted by atomic mass is 16.5. The van der Waals surface area contributed by atoms with Gasteiger partial charge in [-0.15, -0.1) is 0 Å². The molecule has 1 aromatic rings. The lowest BCUT2D eigenvalue weighted by molar-refractivity contribution is 0.122. The lowest BCUT2D eigenvalue weighted by Crippen LogP contribution is -2.44. The molecular weight excluding hydrogens is 298 g/mol. The van der Waals surface area contributed by atoms with Gasteiger partial charge < -0.3 is 24.6 Å². The Kier molecular flexibility index (Phi) is 5.24. The normalized spacial score (nSPS) is 17.8. The third kappa shape index (κ3) is 3.89. The van der Waals surface area contributed by atoms with E-state index in [2.05, 4.69) is 20.2 Å². The first kappa shape index (κ1) is 15.9. The van der Waals surface area contributed by atoms with Crippen LogP contribution in [0.3, 0.4) is 0 Å². The van der Waals surface area contributed by atoms with Crippen molar-refractivity contribution in [3.8, 4) is 0 Å². The summed E-state index contributed by atoms with van der Waals surface area (Å²) in [4.78, 5) is 25.2. The van der Waals surface area contributed by atoms with Gasteiger partial charge in [-0.2, -0.15) is 0 Å². The van der Waals surface area contributed by atoms with Crippen LogP contribution in [0.4, 0.5) is 10.7 Å². The average molecular weight is 321 g/mol. The molecule has 0 atom stereocenters. The second kappa shape index (κ2) is 7.56. The Hall–Kier alpha value is -1.93. The molecule has 8 nitrogen and oxygen atoms in total. The summed E-state index contributed by atoms with van der Waals surface area (Å²) in [6.07, 6.45) is 2.68. The van der Waals surface area contributed by atoms with Crippen LogP contribution in [0.1, 0.15) is 11.3 Å². The van der Waals surface area contributed by atoms with E-state index >= 15 is 0 Å². The van der Waals surface area contributed by atoms with E-state index in [0.29, 0.717) is 39.5 Å². The number of methoxy groups -OCH3 is 1. The zero-order chi connectivity index (χ0) is 16.1. The maximum Gasteiger partial charge on any atom is 0.317 e. The number of ether oxygens (including phenoxy) is 2. The molecule has 8 heteroatoms. The molecule has 1 fully saturated rings. The zero-order valence-corrected chi connectivity index (χ0v) is 13.5. The Morgan fingerprint density at radius 2 is 2.22 bits per heavy atom. The number of hydrogen-bond donors (Lipinski definition) is 1. The lowest BCUT2D eigenvalue weighted by Gasteiger charge is -2.30. The molecule has 0 bridgehead atoms. The van der Waals surface area contributed by atoms with Gasteiger partial charge in [0.05, 0.1) is 32.1 Å². The number of nitrogens with one attached hydrogen (secondary N) is 1. The number of fused-ring (bicyclic) bond motifs is 1. The minimum Gasteiger partial charge on any atom is -0.383 e. The summed E-state index contributed by atoms with van der Waals surface area (Å²) >= 11 is 0. The molecule has 1 N–H and O–H groups in total. The standard InChI is InChI=1S/C15H23N5O3/c1-22-7-3-16-15(21)20-4-2-12-10-17-14(18-13(12)11-20)19-5-8-23-9-6-19/h10H,2-9,11H2,1H3,(H,16,21). The maximum atomic E-state index is 12.2. The van der Waals surface area contributed by atoms with Crippen molar-refractivity contribution in [1.82, 2.24) is 20.2 Å². The Labute approximate surface area is 135 Å². The predicted octanol–water partition coefficient (Wildman–Crippen LogP) is 0.0273. The van der Waals surface area contributed by atoms with Gasteiger partial charge in [-0.25, -0.2) is 14.8 Å². The van der Waals surface area contributed by atoms with Gasteiger partial charge in [0.25, 0.3) is 0 Å². The van der Waals surface area contributed by atoms with Gasteiger partial charge in [-0.3, -0.25) is 0 Å². The van der Waals surface area contributed by atoms with E-state index in [4.69, 9.17) is 9.47 Å². The molecule has 2 amide bonds. The average Bonchev–Trinajstić information content (AvgIpc) is 2.61. The number of anilines is 1. The van der Waals surface area contributed by atoms with E-state index in [-0.39, 0.29) is 6.03 Å². The molecule has 0 aromatic carbocycles. The first-order valence-electron chi connectivity index (χ1n) is 7.97. The summed E-state index contributed by atoms with van der Waals surface area (Å²) < 4.78 is 10.3. The molecule has 2 aliphatic rings. The Balaban J connectivity index is 1.65. The SMILES string of the molecule is COCCNC(=O)N1CCc2cnc(N3CCOCC3)nc2C1. The molecular formula is C15H23N5O3. The van der Waals surface area contributed by atoms with Crippen LogP contribution in [-0.4, -0.2) is 74.0 Å². The summed E-state index contributed by atoms with van der Waals surface area (Å²) in [6.45, 7) is 5.25. The minimum absolute atomic E-state index is 0.0702. The number of rotatable bonds is 4. The van der Waals surface area contributed by atoms with Crippen LogP contribution in [-0.2, 0) is 22.4 Å². The molecule has 0 unspecified atom stereocenters. The van der Waals surface area contributed by atoms with Gasteiger partial charge in [0.2, 0.25) is 5.95 Å². The third-order valence-electron chi connectivity index (χ3n) is 4.10. The second-order valence-electron chi connectivity index (χ2n) is 5.64. The quantitative estimate of drug-likeness (QED) is 0.788. The highest BCUT2D eigenvalue weighted by molar-refractivity contribution is 5.74. The van der Waals surface area contributed by atoms with Gasteiger partial charge >= 0.3 is 6.03 Å². The fourth-order valence-electron chi connectivity index (χ4n) is 2.75. The van der Waals surface area contributed by atoms with Crippen LogP contribution < -0.4 is 10.2 Å². The molecule has 126 valence electrons. The van der Waals surface area contributed by atoms with Crippen LogP contribution in [0.25, 0.3) is 0 Å². The smallest absolute Gasteiger partial charge is 0.317 e. The molecule has 3 heterocycles. The number of nitrogens with zero attached hydrogens (tertiary/aromatic N) is 4. The number of carbonyl (C=O) groups is 1. The summed E-state index contributed by atoms with van der Waals surface area (Å²) in [7, 11) is 1.62. The van der Waals surface area contributed by atoms with Gasteiger partial charge in [-0.1, -0.05) is 0 Å². The molecule has 0 spiro atoms. The monoisotopic (exact) mass is 321 g/mol. The molecule has 0 saturated carbocycles. The first-order valence-corrected chi connectivity index (χ1v) is 7.97. The summed E-state index contributed by atoms with van der Waals surface area (Å²) in [5.74, 6) is 0.730. The van der Waals surface area contributed by atoms with E-state index in [0.717, 1.165) is 36.7 Å². The summed E-state index contributed by atoms with van der Waals surface area (Å²) in [5.41, 5.74) is 2.07. The summed E-state index contributed by atoms with van der Waals surface area (Å²) in [6, 6.07) is -0.0702. The highest BCUT2D eigenvalue weighted by Crippen LogP contribution is 2.19. The van der Waals surface area contributed by atoms with E-state index in [1.165, 1.54) is 0 Å². The predicted molar refractivity (Wildman–Crippen MR) is 84.5 cm³/mol. The third-order valence-corrected chi connectivity index (χ3v) is 4.10. The summed E-state index contributed by atoms with van der Waals surface area (Å²) in [5, 5.41) is 2.85. The molecule has 2 aliphatic heterocycles. The number of amides is 2. The molecule has 1 saturated heterocycles. The Bertz CT molecular complexity index is 548. The van der Waals surface area contributed by atoms with Crippen molar-refractivity contribution in [2.45, 2.75) is 13.0 Å². The zero-order valence-electron chi connectivity index (χ0n) is 13.5.